The van der Waals surface area contributed by atoms with Gasteiger partial charge in [-0.25, -0.2) is 4.79 Å². The van der Waals surface area contributed by atoms with Crippen LogP contribution in [0.25, 0.3) is 0 Å². The highest BCUT2D eigenvalue weighted by Gasteiger charge is 2.25. The topological polar surface area (TPSA) is 84.5 Å². The number of imide groups is 1. The number of hydrogen-bond acceptors (Lipinski definition) is 4. The van der Waals surface area contributed by atoms with Crippen molar-refractivity contribution in [3.8, 4) is 5.75 Å². The minimum Gasteiger partial charge on any atom is -0.475 e. The quantitative estimate of drug-likeness (QED) is 0.723. The van der Waals surface area contributed by atoms with E-state index in [9.17, 15) is 14.4 Å². The number of benzene rings is 2. The smallest absolute Gasteiger partial charge is 0.321 e. The number of halogens is 1. The van der Waals surface area contributed by atoms with E-state index in [0.717, 1.165) is 0 Å². The van der Waals surface area contributed by atoms with E-state index in [1.165, 1.54) is 0 Å². The molecule has 0 fully saturated rings. The van der Waals surface area contributed by atoms with Crippen LogP contribution in [0, 0.1) is 0 Å². The molecule has 2 aromatic rings. The van der Waals surface area contributed by atoms with E-state index in [4.69, 9.17) is 4.74 Å². The first-order valence-corrected chi connectivity index (χ1v) is 8.39. The molecule has 0 bridgehead atoms. The van der Waals surface area contributed by atoms with Gasteiger partial charge >= 0.3 is 6.03 Å². The number of ether oxygens (including phenoxy) is 1. The number of rotatable bonds is 6. The maximum Gasteiger partial charge on any atom is 0.321 e. The molecule has 0 aromatic heterocycles. The Balaban J connectivity index is 2.31. The normalized spacial score (nSPS) is 11.3. The molecule has 1 atom stereocenters. The zero-order valence-corrected chi connectivity index (χ0v) is 15.1. The lowest BCUT2D eigenvalue weighted by Crippen LogP contribution is -2.42. The fourth-order valence-corrected chi connectivity index (χ4v) is 2.51. The lowest BCUT2D eigenvalue weighted by Gasteiger charge is -2.20. The molecule has 2 aromatic carbocycles. The number of aldehydes is 1. The maximum atomic E-state index is 12.5. The largest absolute Gasteiger partial charge is 0.475 e. The minimum atomic E-state index is -1.08. The van der Waals surface area contributed by atoms with Crippen molar-refractivity contribution in [2.75, 3.05) is 6.54 Å². The van der Waals surface area contributed by atoms with Crippen LogP contribution < -0.4 is 15.4 Å². The molecule has 0 spiro atoms. The molecule has 0 unspecified atom stereocenters. The molecule has 0 radical (unpaired) electrons. The third-order valence-corrected chi connectivity index (χ3v) is 3.75. The summed E-state index contributed by atoms with van der Waals surface area (Å²) in [6, 6.07) is 13.0. The highest BCUT2D eigenvalue weighted by Crippen LogP contribution is 2.27. The average Bonchev–Trinajstić information content (AvgIpc) is 2.61. The lowest BCUT2D eigenvalue weighted by molar-refractivity contribution is -0.127. The van der Waals surface area contributed by atoms with Crippen LogP contribution in [0.15, 0.2) is 53.0 Å². The molecule has 130 valence electrons. The summed E-state index contributed by atoms with van der Waals surface area (Å²) in [7, 11) is 0. The first-order chi connectivity index (χ1) is 12.0. The first-order valence-electron chi connectivity index (χ1n) is 7.60. The van der Waals surface area contributed by atoms with Crippen LogP contribution in [0.1, 0.15) is 28.9 Å². The Morgan fingerprint density at radius 3 is 2.56 bits per heavy atom. The van der Waals surface area contributed by atoms with E-state index in [1.54, 1.807) is 55.5 Å². The zero-order valence-electron chi connectivity index (χ0n) is 13.5. The summed E-state index contributed by atoms with van der Waals surface area (Å²) in [6.45, 7) is 2.13. The van der Waals surface area contributed by atoms with Crippen molar-refractivity contribution in [1.82, 2.24) is 10.6 Å². The fourth-order valence-electron chi connectivity index (χ4n) is 2.13. The third-order valence-electron chi connectivity index (χ3n) is 3.26. The van der Waals surface area contributed by atoms with Crippen LogP contribution in [0.4, 0.5) is 4.79 Å². The SMILES string of the molecule is CCNC(=O)NC(=O)[C@H](Oc1ccc(Br)cc1C=O)c1ccccc1. The molecular weight excluding hydrogens is 388 g/mol. The van der Waals surface area contributed by atoms with E-state index in [2.05, 4.69) is 26.6 Å². The maximum absolute atomic E-state index is 12.5. The van der Waals surface area contributed by atoms with Crippen LogP contribution in [-0.4, -0.2) is 24.8 Å². The van der Waals surface area contributed by atoms with E-state index in [-0.39, 0.29) is 5.75 Å². The highest BCUT2D eigenvalue weighted by molar-refractivity contribution is 9.10. The molecule has 25 heavy (non-hydrogen) atoms. The first kappa shape index (κ1) is 18.7. The number of amides is 3. The van der Waals surface area contributed by atoms with E-state index in [1.807, 2.05) is 0 Å². The van der Waals surface area contributed by atoms with Crippen molar-refractivity contribution in [3.63, 3.8) is 0 Å². The number of carbonyl (C=O) groups is 3. The van der Waals surface area contributed by atoms with Gasteiger partial charge < -0.3 is 10.1 Å². The molecule has 0 aliphatic heterocycles. The monoisotopic (exact) mass is 404 g/mol. The Labute approximate surface area is 153 Å². The van der Waals surface area contributed by atoms with E-state index in [0.29, 0.717) is 28.4 Å². The van der Waals surface area contributed by atoms with Gasteiger partial charge in [-0.05, 0) is 25.1 Å². The molecular formula is C18H17BrN2O4. The van der Waals surface area contributed by atoms with Gasteiger partial charge in [0, 0.05) is 16.6 Å². The molecule has 0 aliphatic carbocycles. The predicted molar refractivity (Wildman–Crippen MR) is 96.6 cm³/mol. The van der Waals surface area contributed by atoms with Gasteiger partial charge in [0.25, 0.3) is 5.91 Å². The second-order valence-corrected chi connectivity index (χ2v) is 5.97. The van der Waals surface area contributed by atoms with Gasteiger partial charge in [0.1, 0.15) is 5.75 Å². The summed E-state index contributed by atoms with van der Waals surface area (Å²) < 4.78 is 6.49. The predicted octanol–water partition coefficient (Wildman–Crippen LogP) is 3.23. The molecule has 2 rings (SSSR count). The number of carbonyl (C=O) groups excluding carboxylic acids is 3. The molecule has 0 aliphatic rings. The van der Waals surface area contributed by atoms with Crippen LogP contribution in [0.2, 0.25) is 0 Å². The van der Waals surface area contributed by atoms with Crippen LogP contribution in [-0.2, 0) is 4.79 Å². The average molecular weight is 405 g/mol. The van der Waals surface area contributed by atoms with Gasteiger partial charge in [-0.1, -0.05) is 46.3 Å². The van der Waals surface area contributed by atoms with Crippen LogP contribution in [0.3, 0.4) is 0 Å². The van der Waals surface area contributed by atoms with Gasteiger partial charge in [0.2, 0.25) is 6.10 Å². The third kappa shape index (κ3) is 5.15. The van der Waals surface area contributed by atoms with Gasteiger partial charge in [0.05, 0.1) is 5.56 Å². The Morgan fingerprint density at radius 1 is 1.20 bits per heavy atom. The number of hydrogen-bond donors (Lipinski definition) is 2. The highest BCUT2D eigenvalue weighted by atomic mass is 79.9. The van der Waals surface area contributed by atoms with E-state index >= 15 is 0 Å². The van der Waals surface area contributed by atoms with E-state index < -0.39 is 18.0 Å². The van der Waals surface area contributed by atoms with Gasteiger partial charge in [-0.2, -0.15) is 0 Å². The Morgan fingerprint density at radius 2 is 1.92 bits per heavy atom. The van der Waals surface area contributed by atoms with Gasteiger partial charge in [0.15, 0.2) is 6.29 Å². The van der Waals surface area contributed by atoms with Crippen LogP contribution in [0.5, 0.6) is 5.75 Å². The fraction of sp³-hybridized carbons (Fsp3) is 0.167. The summed E-state index contributed by atoms with van der Waals surface area (Å²) in [6.07, 6.45) is -0.437. The van der Waals surface area contributed by atoms with Crippen molar-refractivity contribution in [1.29, 1.82) is 0 Å². The number of nitrogens with one attached hydrogen (secondary N) is 2. The lowest BCUT2D eigenvalue weighted by atomic mass is 10.1. The van der Waals surface area contributed by atoms with Crippen molar-refractivity contribution in [2.24, 2.45) is 0 Å². The molecule has 0 saturated carbocycles. The minimum absolute atomic E-state index is 0.248. The van der Waals surface area contributed by atoms with Crippen molar-refractivity contribution >= 4 is 34.2 Å². The summed E-state index contributed by atoms with van der Waals surface area (Å²) in [4.78, 5) is 35.4. The molecule has 3 amide bonds. The summed E-state index contributed by atoms with van der Waals surface area (Å²) in [5.41, 5.74) is 0.852. The Bertz CT molecular complexity index is 765. The molecule has 2 N–H and O–H groups in total. The molecule has 7 heteroatoms. The number of urea groups is 1. The Hall–Kier alpha value is -2.67. The summed E-state index contributed by atoms with van der Waals surface area (Å²) in [5.74, 6) is -0.380. The second-order valence-electron chi connectivity index (χ2n) is 5.06. The van der Waals surface area contributed by atoms with Crippen molar-refractivity contribution < 1.29 is 19.1 Å². The van der Waals surface area contributed by atoms with Gasteiger partial charge in [-0.3, -0.25) is 14.9 Å². The zero-order chi connectivity index (χ0) is 18.2. The molecule has 0 heterocycles. The summed E-state index contributed by atoms with van der Waals surface area (Å²) in [5, 5.41) is 4.72. The standard InChI is InChI=1S/C18H17BrN2O4/c1-2-20-18(24)21-17(23)16(12-6-4-3-5-7-12)25-15-9-8-14(19)10-13(15)11-22/h3-11,16H,2H2,1H3,(H2,20,21,23,24)/t16-/m1/s1. The molecule has 0 saturated heterocycles. The van der Waals surface area contributed by atoms with Crippen molar-refractivity contribution in [3.05, 3.63) is 64.1 Å². The van der Waals surface area contributed by atoms with Gasteiger partial charge in [-0.15, -0.1) is 0 Å². The second kappa shape index (κ2) is 8.98. The molecule has 6 nitrogen and oxygen atoms in total. The van der Waals surface area contributed by atoms with Crippen LogP contribution >= 0.6 is 15.9 Å². The summed E-state index contributed by atoms with van der Waals surface area (Å²) >= 11 is 3.28. The Kier molecular flexibility index (Phi) is 6.71. The van der Waals surface area contributed by atoms with Crippen molar-refractivity contribution in [2.45, 2.75) is 13.0 Å².